The molecule has 0 radical (unpaired) electrons. The lowest BCUT2D eigenvalue weighted by Crippen LogP contribution is -2.31. The largest absolute Gasteiger partial charge is 0.455 e. The Morgan fingerprint density at radius 3 is 2.42 bits per heavy atom. The molecule has 2 aliphatic heterocycles. The summed E-state index contributed by atoms with van der Waals surface area (Å²) in [7, 11) is 1.55. The van der Waals surface area contributed by atoms with Crippen LogP contribution in [-0.2, 0) is 4.74 Å². The summed E-state index contributed by atoms with van der Waals surface area (Å²) in [5.74, 6) is -0.377. The fraction of sp³-hybridized carbons (Fsp3) is 0.0968. The first-order chi connectivity index (χ1) is 18.5. The van der Waals surface area contributed by atoms with Crippen molar-refractivity contribution in [1.29, 1.82) is 0 Å². The molecule has 0 bridgehead atoms. The summed E-state index contributed by atoms with van der Waals surface area (Å²) in [6.07, 6.45) is -0.933. The minimum atomic E-state index is -0.485. The number of amides is 2. The number of carbonyl (C=O) groups is 2. The van der Waals surface area contributed by atoms with E-state index in [1.54, 1.807) is 30.1 Å². The zero-order valence-corrected chi connectivity index (χ0v) is 20.3. The molecule has 1 N–H and O–H groups in total. The quantitative estimate of drug-likeness (QED) is 0.287. The summed E-state index contributed by atoms with van der Waals surface area (Å²) in [6.45, 7) is 0. The first-order valence-electron chi connectivity index (χ1n) is 12.3. The standard InChI is InChI=1S/C31H21FN2O4/c1-33-30(35)26-23-15-22-20-9-5-6-10-21(20)27-29(17-7-3-2-4-8-17)38-31(36)34(27)24(22)16-25(23)37-28(26)18-11-13-19(32)14-12-18/h2-16,27,29H,1H3,(H,33,35)/t27-,29+/m0/s1. The molecular formula is C31H21FN2O4. The average molecular weight is 505 g/mol. The van der Waals surface area contributed by atoms with Gasteiger partial charge in [-0.1, -0.05) is 54.6 Å². The van der Waals surface area contributed by atoms with Crippen LogP contribution in [0.2, 0.25) is 0 Å². The van der Waals surface area contributed by atoms with Gasteiger partial charge in [-0.3, -0.25) is 9.69 Å². The van der Waals surface area contributed by atoms with Gasteiger partial charge in [-0.2, -0.15) is 0 Å². The van der Waals surface area contributed by atoms with E-state index < -0.39 is 12.2 Å². The zero-order valence-electron chi connectivity index (χ0n) is 20.3. The van der Waals surface area contributed by atoms with E-state index in [0.29, 0.717) is 33.5 Å². The van der Waals surface area contributed by atoms with Gasteiger partial charge in [0, 0.05) is 29.6 Å². The molecule has 0 saturated carbocycles. The van der Waals surface area contributed by atoms with Crippen LogP contribution < -0.4 is 10.2 Å². The maximum absolute atomic E-state index is 13.6. The molecule has 4 aromatic carbocycles. The van der Waals surface area contributed by atoms with Crippen molar-refractivity contribution in [1.82, 2.24) is 5.32 Å². The zero-order chi connectivity index (χ0) is 26.0. The smallest absolute Gasteiger partial charge is 0.415 e. The molecule has 0 unspecified atom stereocenters. The van der Waals surface area contributed by atoms with Gasteiger partial charge in [0.05, 0.1) is 11.3 Å². The van der Waals surface area contributed by atoms with Crippen LogP contribution in [0.15, 0.2) is 95.4 Å². The van der Waals surface area contributed by atoms with Crippen molar-refractivity contribution in [3.8, 4) is 22.5 Å². The highest BCUT2D eigenvalue weighted by Gasteiger charge is 2.48. The molecular weight excluding hydrogens is 483 g/mol. The fourth-order valence-electron chi connectivity index (χ4n) is 5.62. The third kappa shape index (κ3) is 3.18. The Balaban J connectivity index is 1.48. The predicted octanol–water partition coefficient (Wildman–Crippen LogP) is 7.02. The average Bonchev–Trinajstić information content (AvgIpc) is 3.50. The first kappa shape index (κ1) is 22.3. The number of hydrogen-bond acceptors (Lipinski definition) is 4. The summed E-state index contributed by atoms with van der Waals surface area (Å²) in [5.41, 5.74) is 5.63. The summed E-state index contributed by atoms with van der Waals surface area (Å²) in [5, 5.41) is 3.29. The molecule has 186 valence electrons. The first-order valence-corrected chi connectivity index (χ1v) is 12.3. The second-order valence-corrected chi connectivity index (χ2v) is 9.37. The molecule has 1 saturated heterocycles. The second kappa shape index (κ2) is 8.31. The van der Waals surface area contributed by atoms with Crippen molar-refractivity contribution in [2.45, 2.75) is 12.1 Å². The Kier molecular flexibility index (Phi) is 4.88. The number of furan rings is 1. The van der Waals surface area contributed by atoms with Gasteiger partial charge in [0.1, 0.15) is 23.2 Å². The SMILES string of the molecule is CNC(=O)c1c(-c2ccc(F)cc2)oc2cc3c(cc12)-c1ccccc1[C@H]1[C@@H](c2ccccc2)OC(=O)N31. The van der Waals surface area contributed by atoms with E-state index in [9.17, 15) is 14.0 Å². The number of halogens is 1. The Hall–Kier alpha value is -4.91. The number of cyclic esters (lactones) is 1. The molecule has 1 fully saturated rings. The molecule has 2 atom stereocenters. The highest BCUT2D eigenvalue weighted by Crippen LogP contribution is 2.55. The molecule has 3 heterocycles. The Bertz CT molecular complexity index is 1740. The van der Waals surface area contributed by atoms with Gasteiger partial charge >= 0.3 is 6.09 Å². The van der Waals surface area contributed by atoms with E-state index in [2.05, 4.69) is 5.32 Å². The minimum absolute atomic E-state index is 0.324. The number of ether oxygens (including phenoxy) is 1. The lowest BCUT2D eigenvalue weighted by molar-refractivity contribution is 0.0964. The molecule has 7 rings (SSSR count). The van der Waals surface area contributed by atoms with Crippen LogP contribution in [0.1, 0.15) is 33.6 Å². The predicted molar refractivity (Wildman–Crippen MR) is 141 cm³/mol. The number of nitrogens with one attached hydrogen (secondary N) is 1. The van der Waals surface area contributed by atoms with E-state index >= 15 is 0 Å². The molecule has 2 amide bonds. The molecule has 1 aromatic heterocycles. The lowest BCUT2D eigenvalue weighted by Gasteiger charge is -2.33. The van der Waals surface area contributed by atoms with E-state index in [-0.39, 0.29) is 17.8 Å². The van der Waals surface area contributed by atoms with Gasteiger partial charge in [0.15, 0.2) is 6.10 Å². The number of fused-ring (bicyclic) bond motifs is 7. The Labute approximate surface area is 217 Å². The van der Waals surface area contributed by atoms with Crippen LogP contribution in [0, 0.1) is 5.82 Å². The van der Waals surface area contributed by atoms with Gasteiger partial charge in [-0.15, -0.1) is 0 Å². The van der Waals surface area contributed by atoms with Crippen LogP contribution in [0.25, 0.3) is 33.4 Å². The molecule has 6 nitrogen and oxygen atoms in total. The van der Waals surface area contributed by atoms with Crippen LogP contribution in [0.5, 0.6) is 0 Å². The fourth-order valence-corrected chi connectivity index (χ4v) is 5.62. The van der Waals surface area contributed by atoms with Crippen molar-refractivity contribution in [2.75, 3.05) is 11.9 Å². The van der Waals surface area contributed by atoms with Gasteiger partial charge < -0.3 is 14.5 Å². The van der Waals surface area contributed by atoms with Crippen LogP contribution >= 0.6 is 0 Å². The monoisotopic (exact) mass is 504 g/mol. The number of carbonyl (C=O) groups excluding carboxylic acids is 2. The lowest BCUT2D eigenvalue weighted by atomic mass is 9.84. The van der Waals surface area contributed by atoms with Crippen LogP contribution in [-0.4, -0.2) is 19.0 Å². The third-order valence-corrected chi connectivity index (χ3v) is 7.31. The third-order valence-electron chi connectivity index (χ3n) is 7.31. The van der Waals surface area contributed by atoms with Crippen LogP contribution in [0.4, 0.5) is 14.9 Å². The van der Waals surface area contributed by atoms with E-state index in [4.69, 9.17) is 9.15 Å². The van der Waals surface area contributed by atoms with Crippen LogP contribution in [0.3, 0.4) is 0 Å². The molecule has 2 aliphatic rings. The maximum Gasteiger partial charge on any atom is 0.415 e. The van der Waals surface area contributed by atoms with Crippen molar-refractivity contribution in [3.63, 3.8) is 0 Å². The highest BCUT2D eigenvalue weighted by molar-refractivity contribution is 6.14. The van der Waals surface area contributed by atoms with E-state index in [1.165, 1.54) is 12.1 Å². The number of nitrogens with zero attached hydrogens (tertiary/aromatic N) is 1. The van der Waals surface area contributed by atoms with Crippen molar-refractivity contribution in [2.24, 2.45) is 0 Å². The number of benzene rings is 4. The molecule has 5 aromatic rings. The summed E-state index contributed by atoms with van der Waals surface area (Å²) in [6, 6.07) is 26.8. The second-order valence-electron chi connectivity index (χ2n) is 9.37. The van der Waals surface area contributed by atoms with Crippen molar-refractivity contribution in [3.05, 3.63) is 114 Å². The van der Waals surface area contributed by atoms with Gasteiger partial charge in [-0.25, -0.2) is 9.18 Å². The molecule has 0 aliphatic carbocycles. The molecule has 38 heavy (non-hydrogen) atoms. The summed E-state index contributed by atoms with van der Waals surface area (Å²) < 4.78 is 25.8. The normalized spacial score (nSPS) is 17.5. The molecule has 0 spiro atoms. The Morgan fingerprint density at radius 2 is 1.66 bits per heavy atom. The summed E-state index contributed by atoms with van der Waals surface area (Å²) in [4.78, 5) is 28.1. The number of rotatable bonds is 3. The van der Waals surface area contributed by atoms with Gasteiger partial charge in [-0.05, 0) is 47.0 Å². The topological polar surface area (TPSA) is 71.8 Å². The Morgan fingerprint density at radius 1 is 0.921 bits per heavy atom. The van der Waals surface area contributed by atoms with Crippen molar-refractivity contribution < 1.29 is 23.1 Å². The summed E-state index contributed by atoms with van der Waals surface area (Å²) >= 11 is 0. The highest BCUT2D eigenvalue weighted by atomic mass is 19.1. The van der Waals surface area contributed by atoms with Crippen molar-refractivity contribution >= 4 is 28.7 Å². The molecule has 7 heteroatoms. The minimum Gasteiger partial charge on any atom is -0.455 e. The van der Waals surface area contributed by atoms with Gasteiger partial charge in [0.2, 0.25) is 0 Å². The van der Waals surface area contributed by atoms with E-state index in [0.717, 1.165) is 22.3 Å². The maximum atomic E-state index is 13.6. The van der Waals surface area contributed by atoms with Gasteiger partial charge in [0.25, 0.3) is 5.91 Å². The number of anilines is 1. The number of hydrogen-bond donors (Lipinski definition) is 1. The van der Waals surface area contributed by atoms with E-state index in [1.807, 2.05) is 60.7 Å².